The molecule has 0 aliphatic carbocycles. The van der Waals surface area contributed by atoms with Crippen molar-refractivity contribution in [2.45, 2.75) is 39.8 Å². The maximum atomic E-state index is 12.2. The van der Waals surface area contributed by atoms with Gasteiger partial charge in [-0.2, -0.15) is 10.2 Å². The number of nitrogens with two attached hydrogens (primary N) is 1. The van der Waals surface area contributed by atoms with E-state index in [2.05, 4.69) is 37.2 Å². The lowest BCUT2D eigenvalue weighted by atomic mass is 10.0. The molecule has 5 rings (SSSR count). The van der Waals surface area contributed by atoms with Gasteiger partial charge in [0.15, 0.2) is 11.6 Å². The molecule has 0 radical (unpaired) electrons. The summed E-state index contributed by atoms with van der Waals surface area (Å²) in [5, 5.41) is 18.8. The zero-order valence-electron chi connectivity index (χ0n) is 20.4. The number of aryl methyl sites for hydroxylation is 2. The van der Waals surface area contributed by atoms with Crippen molar-refractivity contribution in [2.75, 3.05) is 32.8 Å². The number of ether oxygens (including phenoxy) is 1. The van der Waals surface area contributed by atoms with Crippen molar-refractivity contribution in [1.29, 1.82) is 0 Å². The molecule has 11 nitrogen and oxygen atoms in total. The summed E-state index contributed by atoms with van der Waals surface area (Å²) in [6, 6.07) is 5.67. The fraction of sp³-hybridized carbons (Fsp3) is 0.458. The van der Waals surface area contributed by atoms with Crippen LogP contribution in [-0.2, 0) is 11.3 Å². The second-order valence-electron chi connectivity index (χ2n) is 9.01. The molecular formula is C24H31N9O2. The van der Waals surface area contributed by atoms with E-state index in [-0.39, 0.29) is 6.04 Å². The number of benzene rings is 1. The van der Waals surface area contributed by atoms with Crippen molar-refractivity contribution in [3.8, 4) is 22.9 Å². The van der Waals surface area contributed by atoms with E-state index in [0.717, 1.165) is 73.7 Å². The van der Waals surface area contributed by atoms with Gasteiger partial charge in [0.2, 0.25) is 5.91 Å². The number of primary amides is 1. The fourth-order valence-electron chi connectivity index (χ4n) is 4.63. The van der Waals surface area contributed by atoms with E-state index >= 15 is 0 Å². The summed E-state index contributed by atoms with van der Waals surface area (Å²) in [7, 11) is 0. The van der Waals surface area contributed by atoms with Crippen LogP contribution in [0.5, 0.6) is 0 Å². The summed E-state index contributed by atoms with van der Waals surface area (Å²) >= 11 is 0. The summed E-state index contributed by atoms with van der Waals surface area (Å²) in [6.07, 6.45) is 2.75. The number of hydrogen-bond donors (Lipinski definition) is 2. The van der Waals surface area contributed by atoms with Gasteiger partial charge >= 0.3 is 0 Å². The summed E-state index contributed by atoms with van der Waals surface area (Å²) in [4.78, 5) is 17.9. The summed E-state index contributed by atoms with van der Waals surface area (Å²) in [5.41, 5.74) is 9.45. The molecule has 4 aromatic rings. The first kappa shape index (κ1) is 23.2. The number of nitrogens with one attached hydrogen (secondary N) is 1. The zero-order chi connectivity index (χ0) is 24.5. The Morgan fingerprint density at radius 2 is 1.97 bits per heavy atom. The summed E-state index contributed by atoms with van der Waals surface area (Å²) in [5.74, 6) is 0.669. The lowest BCUT2D eigenvalue weighted by molar-refractivity contribution is 0.0358. The Balaban J connectivity index is 1.50. The first-order valence-corrected chi connectivity index (χ1v) is 12.0. The number of morpholine rings is 1. The molecule has 1 atom stereocenters. The molecule has 1 fully saturated rings. The molecule has 0 bridgehead atoms. The molecule has 11 heteroatoms. The van der Waals surface area contributed by atoms with Gasteiger partial charge < -0.3 is 15.5 Å². The Kier molecular flexibility index (Phi) is 6.35. The highest BCUT2D eigenvalue weighted by atomic mass is 16.5. The molecule has 1 aromatic carbocycles. The lowest BCUT2D eigenvalue weighted by Gasteiger charge is -2.27. The normalized spacial score (nSPS) is 15.6. The largest absolute Gasteiger partial charge is 0.379 e. The average molecular weight is 478 g/mol. The number of aromatic amines is 1. The van der Waals surface area contributed by atoms with E-state index in [0.29, 0.717) is 17.2 Å². The predicted octanol–water partition coefficient (Wildman–Crippen LogP) is 2.40. The van der Waals surface area contributed by atoms with Gasteiger partial charge in [-0.15, -0.1) is 10.2 Å². The molecule has 4 heterocycles. The van der Waals surface area contributed by atoms with Gasteiger partial charge in [-0.1, -0.05) is 0 Å². The van der Waals surface area contributed by atoms with Crippen molar-refractivity contribution in [3.63, 3.8) is 0 Å². The third-order valence-electron chi connectivity index (χ3n) is 6.57. The highest BCUT2D eigenvalue weighted by Gasteiger charge is 2.20. The minimum absolute atomic E-state index is 0.137. The number of fused-ring (bicyclic) bond motifs is 1. The molecule has 35 heavy (non-hydrogen) atoms. The third kappa shape index (κ3) is 4.56. The third-order valence-corrected chi connectivity index (χ3v) is 6.57. The standard InChI is InChI=1S/C24H31N9O2/c1-4-32-21(11-15(2)30-32)24-27-23(28-29-24)18-12-17(22(25)34)13-20-19(18)14-26-33(20)16(3)5-6-31-7-9-35-10-8-31/h11-14,16H,4-10H2,1-3H3,(H2,25,34)(H,27,28,29)/t16-/m1/s1. The van der Waals surface area contributed by atoms with Crippen molar-refractivity contribution < 1.29 is 9.53 Å². The van der Waals surface area contributed by atoms with Crippen molar-refractivity contribution >= 4 is 16.8 Å². The Labute approximate surface area is 203 Å². The van der Waals surface area contributed by atoms with E-state index in [1.165, 1.54) is 0 Å². The predicted molar refractivity (Wildman–Crippen MR) is 132 cm³/mol. The number of rotatable bonds is 8. The quantitative estimate of drug-likeness (QED) is 0.398. The van der Waals surface area contributed by atoms with Gasteiger partial charge in [-0.05, 0) is 45.4 Å². The van der Waals surface area contributed by atoms with Crippen LogP contribution in [0.2, 0.25) is 0 Å². The van der Waals surface area contributed by atoms with Crippen LogP contribution in [0.1, 0.15) is 42.4 Å². The number of aromatic nitrogens is 7. The van der Waals surface area contributed by atoms with Gasteiger partial charge in [-0.25, -0.2) is 0 Å². The first-order chi connectivity index (χ1) is 16.9. The molecule has 1 aliphatic heterocycles. The second-order valence-corrected chi connectivity index (χ2v) is 9.01. The highest BCUT2D eigenvalue weighted by Crippen LogP contribution is 2.31. The van der Waals surface area contributed by atoms with Gasteiger partial charge in [0.1, 0.15) is 5.69 Å². The molecule has 3 N–H and O–H groups in total. The smallest absolute Gasteiger partial charge is 0.248 e. The van der Waals surface area contributed by atoms with Crippen LogP contribution in [0.25, 0.3) is 33.8 Å². The molecule has 0 saturated carbocycles. The van der Waals surface area contributed by atoms with Crippen molar-refractivity contribution in [2.24, 2.45) is 5.73 Å². The Hall–Kier alpha value is -3.57. The van der Waals surface area contributed by atoms with E-state index in [4.69, 9.17) is 10.5 Å². The second kappa shape index (κ2) is 9.59. The number of hydrogen-bond acceptors (Lipinski definition) is 7. The maximum Gasteiger partial charge on any atom is 0.248 e. The van der Waals surface area contributed by atoms with Crippen LogP contribution < -0.4 is 5.73 Å². The SMILES string of the molecule is CCn1nc(C)cc1-c1nnc(-c2cc(C(N)=O)cc3c2cnn3[C@H](C)CCN2CCOCC2)[nH]1. The maximum absolute atomic E-state index is 12.2. The van der Waals surface area contributed by atoms with Gasteiger partial charge in [0, 0.05) is 42.7 Å². The Morgan fingerprint density at radius 3 is 2.71 bits per heavy atom. The summed E-state index contributed by atoms with van der Waals surface area (Å²) < 4.78 is 9.30. The van der Waals surface area contributed by atoms with Gasteiger partial charge in [0.25, 0.3) is 0 Å². The van der Waals surface area contributed by atoms with E-state index < -0.39 is 5.91 Å². The Morgan fingerprint density at radius 1 is 1.20 bits per heavy atom. The first-order valence-electron chi connectivity index (χ1n) is 12.0. The molecule has 1 aliphatic rings. The molecule has 3 aromatic heterocycles. The molecular weight excluding hydrogens is 446 g/mol. The minimum atomic E-state index is -0.499. The van der Waals surface area contributed by atoms with E-state index in [9.17, 15) is 4.79 Å². The van der Waals surface area contributed by atoms with Crippen LogP contribution >= 0.6 is 0 Å². The molecule has 184 valence electrons. The summed E-state index contributed by atoms with van der Waals surface area (Å²) in [6.45, 7) is 11.3. The number of H-pyrrole nitrogens is 1. The van der Waals surface area contributed by atoms with Crippen LogP contribution in [0.15, 0.2) is 24.4 Å². The van der Waals surface area contributed by atoms with Crippen LogP contribution in [0, 0.1) is 6.92 Å². The average Bonchev–Trinajstić information content (AvgIpc) is 3.60. The number of nitrogens with zero attached hydrogens (tertiary/aromatic N) is 7. The van der Waals surface area contributed by atoms with Crippen molar-refractivity contribution in [3.05, 3.63) is 35.7 Å². The highest BCUT2D eigenvalue weighted by molar-refractivity contribution is 6.02. The van der Waals surface area contributed by atoms with Gasteiger partial charge in [0.05, 0.1) is 36.7 Å². The number of carbonyl (C=O) groups is 1. The topological polar surface area (TPSA) is 133 Å². The molecule has 1 saturated heterocycles. The monoisotopic (exact) mass is 477 g/mol. The number of carbonyl (C=O) groups excluding carboxylic acids is 1. The zero-order valence-corrected chi connectivity index (χ0v) is 20.4. The Bertz CT molecular complexity index is 1350. The van der Waals surface area contributed by atoms with Crippen LogP contribution in [0.3, 0.4) is 0 Å². The molecule has 1 amide bonds. The van der Waals surface area contributed by atoms with Crippen molar-refractivity contribution in [1.82, 2.24) is 39.6 Å². The molecule has 0 spiro atoms. The lowest BCUT2D eigenvalue weighted by Crippen LogP contribution is -2.37. The van der Waals surface area contributed by atoms with Crippen LogP contribution in [0.4, 0.5) is 0 Å². The fourth-order valence-corrected chi connectivity index (χ4v) is 4.63. The van der Waals surface area contributed by atoms with E-state index in [1.54, 1.807) is 6.07 Å². The number of amides is 1. The van der Waals surface area contributed by atoms with Crippen LogP contribution in [-0.4, -0.2) is 78.4 Å². The van der Waals surface area contributed by atoms with Gasteiger partial charge in [-0.3, -0.25) is 19.1 Å². The minimum Gasteiger partial charge on any atom is -0.379 e. The molecule has 0 unspecified atom stereocenters. The van der Waals surface area contributed by atoms with E-state index in [1.807, 2.05) is 41.5 Å².